The van der Waals surface area contributed by atoms with Crippen molar-refractivity contribution in [3.05, 3.63) is 34.4 Å². The van der Waals surface area contributed by atoms with Crippen molar-refractivity contribution in [1.82, 2.24) is 5.32 Å². The molecule has 1 atom stereocenters. The van der Waals surface area contributed by atoms with Gasteiger partial charge >= 0.3 is 0 Å². The third-order valence-corrected chi connectivity index (χ3v) is 3.00. The minimum atomic E-state index is -0.382. The molecule has 6 heteroatoms. The Kier molecular flexibility index (Phi) is 4.11. The Hall–Kier alpha value is -1.66. The fourth-order valence-corrected chi connectivity index (χ4v) is 2.09. The predicted octanol–water partition coefficient (Wildman–Crippen LogP) is 1.02. The summed E-state index contributed by atoms with van der Waals surface area (Å²) in [6.45, 7) is 3.11. The number of nitro benzene ring substituents is 1. The topological polar surface area (TPSA) is 67.6 Å². The van der Waals surface area contributed by atoms with Gasteiger partial charge in [-0.25, -0.2) is 0 Å². The van der Waals surface area contributed by atoms with Crippen LogP contribution < -0.4 is 10.2 Å². The van der Waals surface area contributed by atoms with E-state index in [0.29, 0.717) is 6.61 Å². The first kappa shape index (κ1) is 12.8. The third-order valence-electron chi connectivity index (χ3n) is 3.00. The maximum absolute atomic E-state index is 10.6. The van der Waals surface area contributed by atoms with Crippen LogP contribution in [0.15, 0.2) is 24.3 Å². The van der Waals surface area contributed by atoms with Crippen LogP contribution in [0.3, 0.4) is 0 Å². The van der Waals surface area contributed by atoms with Gasteiger partial charge in [-0.15, -0.1) is 0 Å². The minimum Gasteiger partial charge on any atom is -0.373 e. The number of ether oxygens (including phenoxy) is 1. The van der Waals surface area contributed by atoms with Crippen LogP contribution in [0.25, 0.3) is 0 Å². The molecular weight excluding hydrogens is 234 g/mol. The molecule has 6 nitrogen and oxygen atoms in total. The third kappa shape index (κ3) is 2.96. The monoisotopic (exact) mass is 251 g/mol. The number of non-ortho nitro benzene ring substituents is 1. The molecule has 0 bridgehead atoms. The molecule has 2 rings (SSSR count). The minimum absolute atomic E-state index is 0.124. The normalized spacial score (nSPS) is 19.8. The number of nitrogens with one attached hydrogen (secondary N) is 1. The van der Waals surface area contributed by atoms with E-state index in [9.17, 15) is 10.1 Å². The lowest BCUT2D eigenvalue weighted by molar-refractivity contribution is -0.384. The van der Waals surface area contributed by atoms with Gasteiger partial charge in [0, 0.05) is 37.5 Å². The second-order valence-electron chi connectivity index (χ2n) is 4.27. The number of benzene rings is 1. The highest BCUT2D eigenvalue weighted by Gasteiger charge is 2.20. The lowest BCUT2D eigenvalue weighted by Gasteiger charge is -2.34. The summed E-state index contributed by atoms with van der Waals surface area (Å²) >= 11 is 0. The SMILES string of the molecule is CNCC1CN(c2ccc([N+](=O)[O-])cc2)CCO1. The van der Waals surface area contributed by atoms with Gasteiger partial charge in [-0.1, -0.05) is 0 Å². The Bertz CT molecular complexity index is 406. The lowest BCUT2D eigenvalue weighted by Crippen LogP contribution is -2.46. The van der Waals surface area contributed by atoms with Gasteiger partial charge in [0.25, 0.3) is 5.69 Å². The van der Waals surface area contributed by atoms with Crippen molar-refractivity contribution >= 4 is 11.4 Å². The highest BCUT2D eigenvalue weighted by Crippen LogP contribution is 2.21. The second kappa shape index (κ2) is 5.79. The van der Waals surface area contributed by atoms with Crippen LogP contribution in [0.1, 0.15) is 0 Å². The van der Waals surface area contributed by atoms with Crippen molar-refractivity contribution in [2.75, 3.05) is 38.2 Å². The maximum atomic E-state index is 10.6. The maximum Gasteiger partial charge on any atom is 0.269 e. The number of likely N-dealkylation sites (N-methyl/N-ethyl adjacent to an activating group) is 1. The van der Waals surface area contributed by atoms with E-state index in [4.69, 9.17) is 4.74 Å². The van der Waals surface area contributed by atoms with Crippen LogP contribution in [0.4, 0.5) is 11.4 Å². The van der Waals surface area contributed by atoms with Crippen LogP contribution in [0.2, 0.25) is 0 Å². The molecule has 1 fully saturated rings. The quantitative estimate of drug-likeness (QED) is 0.639. The molecule has 1 aliphatic heterocycles. The smallest absolute Gasteiger partial charge is 0.269 e. The average Bonchev–Trinajstić information content (AvgIpc) is 2.39. The Morgan fingerprint density at radius 2 is 2.22 bits per heavy atom. The standard InChI is InChI=1S/C12H17N3O3/c1-13-8-12-9-14(6-7-18-12)10-2-4-11(5-3-10)15(16)17/h2-5,12-13H,6-9H2,1H3. The number of nitrogens with zero attached hydrogens (tertiary/aromatic N) is 2. The van der Waals surface area contributed by atoms with E-state index >= 15 is 0 Å². The highest BCUT2D eigenvalue weighted by molar-refractivity contribution is 5.51. The molecule has 0 aliphatic carbocycles. The first-order valence-corrected chi connectivity index (χ1v) is 5.96. The van der Waals surface area contributed by atoms with Gasteiger partial charge in [0.15, 0.2) is 0 Å². The van der Waals surface area contributed by atoms with Gasteiger partial charge in [0.1, 0.15) is 0 Å². The largest absolute Gasteiger partial charge is 0.373 e. The zero-order valence-electron chi connectivity index (χ0n) is 10.3. The summed E-state index contributed by atoms with van der Waals surface area (Å²) in [6.07, 6.45) is 0.166. The molecule has 1 aromatic rings. The number of morpholine rings is 1. The van der Waals surface area contributed by atoms with Crippen molar-refractivity contribution in [2.24, 2.45) is 0 Å². The van der Waals surface area contributed by atoms with Crippen LogP contribution in [-0.2, 0) is 4.74 Å². The zero-order valence-corrected chi connectivity index (χ0v) is 10.3. The molecule has 1 unspecified atom stereocenters. The van der Waals surface area contributed by atoms with Gasteiger partial charge in [-0.05, 0) is 19.2 Å². The summed E-state index contributed by atoms with van der Waals surface area (Å²) in [7, 11) is 1.90. The number of nitro groups is 1. The van der Waals surface area contributed by atoms with E-state index < -0.39 is 0 Å². The fourth-order valence-electron chi connectivity index (χ4n) is 2.09. The first-order chi connectivity index (χ1) is 8.70. The van der Waals surface area contributed by atoms with Crippen molar-refractivity contribution in [2.45, 2.75) is 6.10 Å². The van der Waals surface area contributed by atoms with Crippen molar-refractivity contribution in [3.63, 3.8) is 0 Å². The van der Waals surface area contributed by atoms with Gasteiger partial charge in [0.05, 0.1) is 17.6 Å². The number of rotatable bonds is 4. The zero-order chi connectivity index (χ0) is 13.0. The molecule has 0 aromatic heterocycles. The summed E-state index contributed by atoms with van der Waals surface area (Å²) in [5.74, 6) is 0. The van der Waals surface area contributed by atoms with Crippen LogP contribution >= 0.6 is 0 Å². The Morgan fingerprint density at radius 3 is 2.83 bits per heavy atom. The molecule has 0 saturated carbocycles. The summed E-state index contributed by atoms with van der Waals surface area (Å²) in [6, 6.07) is 6.66. The van der Waals surface area contributed by atoms with E-state index in [1.165, 1.54) is 12.1 Å². The molecule has 1 aliphatic rings. The van der Waals surface area contributed by atoms with Gasteiger partial charge < -0.3 is 15.0 Å². The van der Waals surface area contributed by atoms with Gasteiger partial charge in [0.2, 0.25) is 0 Å². The molecular formula is C12H17N3O3. The van der Waals surface area contributed by atoms with Crippen LogP contribution in [-0.4, -0.2) is 44.3 Å². The van der Waals surface area contributed by atoms with E-state index in [1.807, 2.05) is 7.05 Å². The molecule has 1 saturated heterocycles. The Balaban J connectivity index is 2.04. The lowest BCUT2D eigenvalue weighted by atomic mass is 10.2. The predicted molar refractivity (Wildman–Crippen MR) is 69.0 cm³/mol. The fraction of sp³-hybridized carbons (Fsp3) is 0.500. The van der Waals surface area contributed by atoms with Crippen molar-refractivity contribution in [1.29, 1.82) is 0 Å². The van der Waals surface area contributed by atoms with E-state index in [2.05, 4.69) is 10.2 Å². The molecule has 0 amide bonds. The molecule has 0 spiro atoms. The average molecular weight is 251 g/mol. The molecule has 1 N–H and O–H groups in total. The van der Waals surface area contributed by atoms with Gasteiger partial charge in [-0.3, -0.25) is 10.1 Å². The van der Waals surface area contributed by atoms with Crippen LogP contribution in [0.5, 0.6) is 0 Å². The summed E-state index contributed by atoms with van der Waals surface area (Å²) in [5.41, 5.74) is 1.13. The second-order valence-corrected chi connectivity index (χ2v) is 4.27. The Morgan fingerprint density at radius 1 is 1.50 bits per heavy atom. The van der Waals surface area contributed by atoms with E-state index in [0.717, 1.165) is 25.3 Å². The van der Waals surface area contributed by atoms with Crippen molar-refractivity contribution < 1.29 is 9.66 Å². The highest BCUT2D eigenvalue weighted by atomic mass is 16.6. The molecule has 98 valence electrons. The molecule has 1 aromatic carbocycles. The van der Waals surface area contributed by atoms with Crippen molar-refractivity contribution in [3.8, 4) is 0 Å². The van der Waals surface area contributed by atoms with E-state index in [1.54, 1.807) is 12.1 Å². The summed E-state index contributed by atoms with van der Waals surface area (Å²) in [5, 5.41) is 13.7. The molecule has 1 heterocycles. The molecule has 18 heavy (non-hydrogen) atoms. The van der Waals surface area contributed by atoms with E-state index in [-0.39, 0.29) is 16.7 Å². The number of hydrogen-bond acceptors (Lipinski definition) is 5. The summed E-state index contributed by atoms with van der Waals surface area (Å²) in [4.78, 5) is 12.4. The summed E-state index contributed by atoms with van der Waals surface area (Å²) < 4.78 is 5.62. The molecule has 0 radical (unpaired) electrons. The van der Waals surface area contributed by atoms with Gasteiger partial charge in [-0.2, -0.15) is 0 Å². The number of anilines is 1. The first-order valence-electron chi connectivity index (χ1n) is 5.96. The van der Waals surface area contributed by atoms with Crippen LogP contribution in [0, 0.1) is 10.1 Å². The number of hydrogen-bond donors (Lipinski definition) is 1. The Labute approximate surface area is 106 Å².